The maximum absolute atomic E-state index is 11.9. The van der Waals surface area contributed by atoms with E-state index in [1.807, 2.05) is 24.3 Å². The van der Waals surface area contributed by atoms with E-state index in [-0.39, 0.29) is 10.8 Å². The first kappa shape index (κ1) is 19.0. The third-order valence-corrected chi connectivity index (χ3v) is 4.72. The molecule has 0 unspecified atom stereocenters. The Balaban J connectivity index is 1.72. The van der Waals surface area contributed by atoms with Gasteiger partial charge in [-0.15, -0.1) is 0 Å². The zero-order valence-electron chi connectivity index (χ0n) is 14.1. The Morgan fingerprint density at radius 3 is 2.12 bits per heavy atom. The maximum atomic E-state index is 11.9. The Bertz CT molecular complexity index is 800. The fourth-order valence-corrected chi connectivity index (χ4v) is 2.85. The molecule has 0 saturated heterocycles. The quantitative estimate of drug-likeness (QED) is 0.746. The first-order valence-electron chi connectivity index (χ1n) is 7.90. The van der Waals surface area contributed by atoms with E-state index >= 15 is 0 Å². The molecule has 25 heavy (non-hydrogen) atoms. The van der Waals surface area contributed by atoms with E-state index in [0.717, 1.165) is 16.9 Å². The molecule has 0 heterocycles. The van der Waals surface area contributed by atoms with Crippen molar-refractivity contribution in [1.82, 2.24) is 5.32 Å². The number of nitrogens with one attached hydrogen (secondary N) is 1. The summed E-state index contributed by atoms with van der Waals surface area (Å²) in [6.07, 6.45) is 1.70. The lowest BCUT2D eigenvalue weighted by molar-refractivity contribution is -0.121. The summed E-state index contributed by atoms with van der Waals surface area (Å²) < 4.78 is 27.5. The molecule has 0 aliphatic carbocycles. The van der Waals surface area contributed by atoms with Gasteiger partial charge in [0.15, 0.2) is 0 Å². The van der Waals surface area contributed by atoms with Gasteiger partial charge in [0.25, 0.3) is 0 Å². The highest BCUT2D eigenvalue weighted by atomic mass is 32.2. The van der Waals surface area contributed by atoms with Gasteiger partial charge in [-0.2, -0.15) is 0 Å². The lowest BCUT2D eigenvalue weighted by Crippen LogP contribution is -2.25. The molecule has 0 spiro atoms. The van der Waals surface area contributed by atoms with Gasteiger partial charge >= 0.3 is 0 Å². The average Bonchev–Trinajstić information content (AvgIpc) is 2.60. The number of rotatable bonds is 8. The van der Waals surface area contributed by atoms with Crippen molar-refractivity contribution < 1.29 is 17.9 Å². The van der Waals surface area contributed by atoms with Gasteiger partial charge in [-0.3, -0.25) is 4.79 Å². The summed E-state index contributed by atoms with van der Waals surface area (Å²) in [4.78, 5) is 12.0. The van der Waals surface area contributed by atoms with Crippen LogP contribution in [-0.4, -0.2) is 28.0 Å². The number of hydrogen-bond acceptors (Lipinski definition) is 4. The molecule has 2 rings (SSSR count). The van der Waals surface area contributed by atoms with Crippen LogP contribution in [0.15, 0.2) is 53.4 Å². The van der Waals surface area contributed by atoms with Gasteiger partial charge in [0.2, 0.25) is 15.9 Å². The molecule has 0 aliphatic rings. The highest BCUT2D eigenvalue weighted by Crippen LogP contribution is 2.12. The predicted octanol–water partition coefficient (Wildman–Crippen LogP) is 1.63. The van der Waals surface area contributed by atoms with Crippen molar-refractivity contribution in [3.05, 3.63) is 59.7 Å². The first-order chi connectivity index (χ1) is 11.9. The second kappa shape index (κ2) is 8.64. The van der Waals surface area contributed by atoms with Crippen LogP contribution in [0.2, 0.25) is 0 Å². The smallest absolute Gasteiger partial charge is 0.238 e. The van der Waals surface area contributed by atoms with E-state index < -0.39 is 10.0 Å². The number of aryl methyl sites for hydroxylation is 1. The second-order valence-electron chi connectivity index (χ2n) is 5.64. The fraction of sp³-hybridized carbons (Fsp3) is 0.278. The van der Waals surface area contributed by atoms with Crippen LogP contribution in [-0.2, 0) is 27.7 Å². The standard InChI is InChI=1S/C18H22N2O4S/c1-24-16-7-2-14(3-8-16)6-11-18(21)20-13-12-15-4-9-17(10-5-15)25(19,22)23/h2-5,7-10H,6,11-13H2,1H3,(H,20,21)(H2,19,22,23). The molecule has 0 atom stereocenters. The number of ether oxygens (including phenoxy) is 1. The maximum Gasteiger partial charge on any atom is 0.238 e. The molecule has 2 aromatic rings. The Hall–Kier alpha value is -2.38. The van der Waals surface area contributed by atoms with Crippen LogP contribution in [0.1, 0.15) is 17.5 Å². The molecule has 2 aromatic carbocycles. The Kier molecular flexibility index (Phi) is 6.55. The third-order valence-electron chi connectivity index (χ3n) is 3.79. The van der Waals surface area contributed by atoms with Crippen LogP contribution in [0.5, 0.6) is 5.75 Å². The topological polar surface area (TPSA) is 98.5 Å². The van der Waals surface area contributed by atoms with E-state index in [9.17, 15) is 13.2 Å². The molecule has 0 radical (unpaired) electrons. The van der Waals surface area contributed by atoms with Gasteiger partial charge in [-0.25, -0.2) is 13.6 Å². The molecule has 0 aromatic heterocycles. The summed E-state index contributed by atoms with van der Waals surface area (Å²) in [6.45, 7) is 0.496. The Labute approximate surface area is 148 Å². The van der Waals surface area contributed by atoms with E-state index in [4.69, 9.17) is 9.88 Å². The molecule has 7 heteroatoms. The Morgan fingerprint density at radius 1 is 1.00 bits per heavy atom. The van der Waals surface area contributed by atoms with Crippen molar-refractivity contribution in [1.29, 1.82) is 0 Å². The minimum atomic E-state index is -3.67. The van der Waals surface area contributed by atoms with Crippen LogP contribution in [0.25, 0.3) is 0 Å². The number of benzene rings is 2. The van der Waals surface area contributed by atoms with E-state index in [1.165, 1.54) is 12.1 Å². The lowest BCUT2D eigenvalue weighted by atomic mass is 10.1. The number of sulfonamides is 1. The third kappa shape index (κ3) is 6.21. The molecule has 0 bridgehead atoms. The highest BCUT2D eigenvalue weighted by molar-refractivity contribution is 7.89. The van der Waals surface area contributed by atoms with Gasteiger partial charge < -0.3 is 10.1 Å². The number of carbonyl (C=O) groups excluding carboxylic acids is 1. The molecular formula is C18H22N2O4S. The Morgan fingerprint density at radius 2 is 1.56 bits per heavy atom. The normalized spacial score (nSPS) is 11.1. The highest BCUT2D eigenvalue weighted by Gasteiger charge is 2.07. The van der Waals surface area contributed by atoms with Crippen LogP contribution in [0, 0.1) is 0 Å². The van der Waals surface area contributed by atoms with Crippen molar-refractivity contribution >= 4 is 15.9 Å². The first-order valence-corrected chi connectivity index (χ1v) is 9.44. The van der Waals surface area contributed by atoms with Crippen molar-refractivity contribution in [2.75, 3.05) is 13.7 Å². The van der Waals surface area contributed by atoms with E-state index in [0.29, 0.717) is 25.8 Å². The van der Waals surface area contributed by atoms with Gasteiger partial charge in [0, 0.05) is 13.0 Å². The van der Waals surface area contributed by atoms with Crippen molar-refractivity contribution in [2.45, 2.75) is 24.2 Å². The van der Waals surface area contributed by atoms with Crippen LogP contribution in [0.3, 0.4) is 0 Å². The summed E-state index contributed by atoms with van der Waals surface area (Å²) >= 11 is 0. The van der Waals surface area contributed by atoms with E-state index in [2.05, 4.69) is 5.32 Å². The van der Waals surface area contributed by atoms with Gasteiger partial charge in [0.05, 0.1) is 12.0 Å². The second-order valence-corrected chi connectivity index (χ2v) is 7.20. The summed E-state index contributed by atoms with van der Waals surface area (Å²) in [5, 5.41) is 7.91. The number of hydrogen-bond donors (Lipinski definition) is 2. The minimum absolute atomic E-state index is 0.0167. The molecule has 134 valence electrons. The van der Waals surface area contributed by atoms with Gasteiger partial charge in [-0.05, 0) is 48.2 Å². The molecule has 0 aliphatic heterocycles. The van der Waals surface area contributed by atoms with Crippen LogP contribution < -0.4 is 15.2 Å². The van der Waals surface area contributed by atoms with Crippen molar-refractivity contribution in [3.63, 3.8) is 0 Å². The fourth-order valence-electron chi connectivity index (χ4n) is 2.33. The summed E-state index contributed by atoms with van der Waals surface area (Å²) in [5.74, 6) is 0.777. The lowest BCUT2D eigenvalue weighted by Gasteiger charge is -2.07. The molecule has 3 N–H and O–H groups in total. The van der Waals surface area contributed by atoms with Crippen molar-refractivity contribution in [3.8, 4) is 5.75 Å². The van der Waals surface area contributed by atoms with E-state index in [1.54, 1.807) is 19.2 Å². The molecular weight excluding hydrogens is 340 g/mol. The molecule has 0 saturated carbocycles. The summed E-state index contributed by atoms with van der Waals surface area (Å²) in [5.41, 5.74) is 2.01. The monoisotopic (exact) mass is 362 g/mol. The molecule has 1 amide bonds. The summed E-state index contributed by atoms with van der Waals surface area (Å²) in [7, 11) is -2.05. The number of methoxy groups -OCH3 is 1. The number of primary sulfonamides is 1. The van der Waals surface area contributed by atoms with Crippen molar-refractivity contribution in [2.24, 2.45) is 5.14 Å². The summed E-state index contributed by atoms with van der Waals surface area (Å²) in [6, 6.07) is 14.0. The zero-order chi connectivity index (χ0) is 18.3. The van der Waals surface area contributed by atoms with Crippen LogP contribution in [0.4, 0.5) is 0 Å². The molecule has 0 fully saturated rings. The zero-order valence-corrected chi connectivity index (χ0v) is 14.9. The SMILES string of the molecule is COc1ccc(CCC(=O)NCCc2ccc(S(N)(=O)=O)cc2)cc1. The predicted molar refractivity (Wildman–Crippen MR) is 95.8 cm³/mol. The van der Waals surface area contributed by atoms with Crippen LogP contribution >= 0.6 is 0 Å². The number of carbonyl (C=O) groups is 1. The largest absolute Gasteiger partial charge is 0.497 e. The van der Waals surface area contributed by atoms with Gasteiger partial charge in [0.1, 0.15) is 5.75 Å². The number of nitrogens with two attached hydrogens (primary N) is 1. The molecule has 6 nitrogen and oxygen atoms in total. The van der Waals surface area contributed by atoms with Gasteiger partial charge in [-0.1, -0.05) is 24.3 Å². The average molecular weight is 362 g/mol. The number of amides is 1. The minimum Gasteiger partial charge on any atom is -0.497 e.